The van der Waals surface area contributed by atoms with Gasteiger partial charge in [0, 0.05) is 12.1 Å². The van der Waals surface area contributed by atoms with Gasteiger partial charge in [0.25, 0.3) is 0 Å². The van der Waals surface area contributed by atoms with Gasteiger partial charge in [-0.3, -0.25) is 0 Å². The maximum Gasteiger partial charge on any atom is 0.387 e. The number of ether oxygens (including phenoxy) is 4. The number of carbonyl (C=O) groups is 2. The molecule has 0 amide bonds. The summed E-state index contributed by atoms with van der Waals surface area (Å²) in [5.74, 6) is -3.09. The molecule has 0 aromatic heterocycles. The quantitative estimate of drug-likeness (QED) is 0.741. The largest absolute Gasteiger partial charge is 0.466 e. The Balaban J connectivity index is 2.53. The minimum absolute atomic E-state index is 0.0443. The highest BCUT2D eigenvalue weighted by atomic mass is 19.3. The lowest BCUT2D eigenvalue weighted by Gasteiger charge is -2.31. The highest BCUT2D eigenvalue weighted by Gasteiger charge is 2.32. The van der Waals surface area contributed by atoms with Gasteiger partial charge in [0.15, 0.2) is 0 Å². The van der Waals surface area contributed by atoms with Crippen LogP contribution in [0.5, 0.6) is 5.75 Å². The van der Waals surface area contributed by atoms with Crippen LogP contribution < -0.4 is 9.64 Å². The fraction of sp³-hybridized carbons (Fsp3) is 0.333. The second-order valence-corrected chi connectivity index (χ2v) is 4.74. The van der Waals surface area contributed by atoms with Gasteiger partial charge in [0.05, 0.1) is 32.1 Å². The minimum atomic E-state index is -3.16. The number of esters is 2. The molecule has 0 bridgehead atoms. The number of carbonyl (C=O) groups excluding carboxylic acids is 2. The van der Waals surface area contributed by atoms with Crippen LogP contribution in [0.15, 0.2) is 29.5 Å². The molecule has 1 aliphatic heterocycles. The average molecular weight is 361 g/mol. The van der Waals surface area contributed by atoms with Gasteiger partial charge in [0.2, 0.25) is 0 Å². The normalized spacial score (nSPS) is 14.6. The maximum atomic E-state index is 13.7. The molecule has 0 spiro atoms. The van der Waals surface area contributed by atoms with E-state index < -0.39 is 30.1 Å². The van der Waals surface area contributed by atoms with E-state index >= 15 is 0 Å². The monoisotopic (exact) mass is 361 g/mol. The van der Waals surface area contributed by atoms with Crippen LogP contribution >= 0.6 is 0 Å². The van der Waals surface area contributed by atoms with E-state index in [9.17, 15) is 22.8 Å². The Hall–Kier alpha value is -2.75. The molecule has 1 aliphatic rings. The Morgan fingerprint density at radius 3 is 2.44 bits per heavy atom. The Bertz CT molecular complexity index is 707. The van der Waals surface area contributed by atoms with E-state index in [4.69, 9.17) is 4.74 Å². The first kappa shape index (κ1) is 18.6. The predicted molar refractivity (Wildman–Crippen MR) is 77.4 cm³/mol. The minimum Gasteiger partial charge on any atom is -0.466 e. The number of hydrogen-bond acceptors (Lipinski definition) is 7. The van der Waals surface area contributed by atoms with Gasteiger partial charge >= 0.3 is 18.6 Å². The van der Waals surface area contributed by atoms with Crippen LogP contribution in [0.4, 0.5) is 18.9 Å². The Labute approximate surface area is 140 Å². The van der Waals surface area contributed by atoms with Gasteiger partial charge in [-0.15, -0.1) is 0 Å². The van der Waals surface area contributed by atoms with E-state index in [-0.39, 0.29) is 30.3 Å². The number of rotatable bonds is 5. The third-order valence-corrected chi connectivity index (χ3v) is 3.23. The summed E-state index contributed by atoms with van der Waals surface area (Å²) in [6.45, 7) is -3.64. The van der Waals surface area contributed by atoms with Crippen molar-refractivity contribution in [3.05, 3.63) is 35.3 Å². The smallest absolute Gasteiger partial charge is 0.387 e. The van der Waals surface area contributed by atoms with E-state index in [1.807, 2.05) is 0 Å². The van der Waals surface area contributed by atoms with Crippen molar-refractivity contribution in [3.63, 3.8) is 0 Å². The lowest BCUT2D eigenvalue weighted by molar-refractivity contribution is -0.140. The molecule has 2 rings (SSSR count). The zero-order valence-corrected chi connectivity index (χ0v) is 13.3. The number of alkyl halides is 2. The van der Waals surface area contributed by atoms with Gasteiger partial charge in [-0.1, -0.05) is 0 Å². The van der Waals surface area contributed by atoms with Crippen molar-refractivity contribution in [1.82, 2.24) is 0 Å². The summed E-state index contributed by atoms with van der Waals surface area (Å²) in [4.78, 5) is 25.1. The number of anilines is 1. The number of halogens is 3. The molecule has 10 heteroatoms. The van der Waals surface area contributed by atoms with Crippen molar-refractivity contribution in [2.75, 3.05) is 32.5 Å². The van der Waals surface area contributed by atoms with Crippen LogP contribution in [0.25, 0.3) is 0 Å². The van der Waals surface area contributed by atoms with Gasteiger partial charge in [-0.2, -0.15) is 8.78 Å². The zero-order chi connectivity index (χ0) is 18.6. The summed E-state index contributed by atoms with van der Waals surface area (Å²) in [6, 6.07) is 2.79. The second kappa shape index (κ2) is 7.88. The molecule has 0 fully saturated rings. The number of methoxy groups -OCH3 is 2. The van der Waals surface area contributed by atoms with Crippen LogP contribution in [-0.2, 0) is 23.8 Å². The summed E-state index contributed by atoms with van der Waals surface area (Å²) in [5.41, 5.74) is -0.437. The van der Waals surface area contributed by atoms with Gasteiger partial charge in [-0.05, 0) is 6.07 Å². The van der Waals surface area contributed by atoms with E-state index in [1.54, 1.807) is 0 Å². The van der Waals surface area contributed by atoms with Crippen LogP contribution in [0.3, 0.4) is 0 Å². The van der Waals surface area contributed by atoms with E-state index in [0.717, 1.165) is 37.3 Å². The SMILES string of the molecule is COC(=O)C1=C(C(=O)OC)N(c2cc(F)cc(OC(F)F)c2)COC1. The van der Waals surface area contributed by atoms with Crippen LogP contribution in [0.1, 0.15) is 0 Å². The van der Waals surface area contributed by atoms with Crippen molar-refractivity contribution >= 4 is 17.6 Å². The van der Waals surface area contributed by atoms with Crippen molar-refractivity contribution in [3.8, 4) is 5.75 Å². The summed E-state index contributed by atoms with van der Waals surface area (Å²) < 4.78 is 57.1. The Morgan fingerprint density at radius 1 is 1.16 bits per heavy atom. The summed E-state index contributed by atoms with van der Waals surface area (Å²) >= 11 is 0. The fourth-order valence-electron chi connectivity index (χ4n) is 2.22. The Kier molecular flexibility index (Phi) is 5.86. The first-order valence-corrected chi connectivity index (χ1v) is 6.87. The lowest BCUT2D eigenvalue weighted by atomic mass is 10.1. The van der Waals surface area contributed by atoms with E-state index in [2.05, 4.69) is 14.2 Å². The van der Waals surface area contributed by atoms with Gasteiger partial charge in [-0.25, -0.2) is 14.0 Å². The molecule has 1 heterocycles. The topological polar surface area (TPSA) is 74.3 Å². The van der Waals surface area contributed by atoms with Crippen molar-refractivity contribution in [2.24, 2.45) is 0 Å². The van der Waals surface area contributed by atoms with Gasteiger partial charge < -0.3 is 23.8 Å². The molecule has 0 aliphatic carbocycles. The summed E-state index contributed by atoms with van der Waals surface area (Å²) in [5, 5.41) is 0. The molecular formula is C15H14F3NO6. The van der Waals surface area contributed by atoms with Crippen molar-refractivity contribution in [1.29, 1.82) is 0 Å². The maximum absolute atomic E-state index is 13.7. The van der Waals surface area contributed by atoms with Crippen LogP contribution in [0, 0.1) is 5.82 Å². The first-order chi connectivity index (χ1) is 11.9. The van der Waals surface area contributed by atoms with Crippen LogP contribution in [0.2, 0.25) is 0 Å². The molecule has 0 radical (unpaired) electrons. The predicted octanol–water partition coefficient (Wildman–Crippen LogP) is 1.82. The van der Waals surface area contributed by atoms with E-state index in [1.165, 1.54) is 0 Å². The first-order valence-electron chi connectivity index (χ1n) is 6.87. The highest BCUT2D eigenvalue weighted by molar-refractivity contribution is 6.03. The molecular weight excluding hydrogens is 347 g/mol. The van der Waals surface area contributed by atoms with E-state index in [0.29, 0.717) is 0 Å². The Morgan fingerprint density at radius 2 is 1.84 bits per heavy atom. The molecule has 0 saturated heterocycles. The second-order valence-electron chi connectivity index (χ2n) is 4.74. The molecule has 7 nitrogen and oxygen atoms in total. The molecule has 0 saturated carbocycles. The molecule has 1 aromatic rings. The molecule has 25 heavy (non-hydrogen) atoms. The lowest BCUT2D eigenvalue weighted by Crippen LogP contribution is -2.38. The van der Waals surface area contributed by atoms with Crippen LogP contribution in [-0.4, -0.2) is 46.1 Å². The zero-order valence-electron chi connectivity index (χ0n) is 13.3. The molecule has 0 unspecified atom stereocenters. The van der Waals surface area contributed by atoms with Crippen molar-refractivity contribution in [2.45, 2.75) is 6.61 Å². The fourth-order valence-corrected chi connectivity index (χ4v) is 2.22. The summed E-state index contributed by atoms with van der Waals surface area (Å²) in [7, 11) is 2.20. The molecule has 0 N–H and O–H groups in total. The van der Waals surface area contributed by atoms with Crippen molar-refractivity contribution < 1.29 is 41.7 Å². The third-order valence-electron chi connectivity index (χ3n) is 3.23. The van der Waals surface area contributed by atoms with Gasteiger partial charge in [0.1, 0.15) is 24.0 Å². The molecule has 0 atom stereocenters. The average Bonchev–Trinajstić information content (AvgIpc) is 2.58. The standard InChI is InChI=1S/C15H14F3NO6/c1-22-13(20)11-6-24-7-19(12(11)14(21)23-2)9-3-8(16)4-10(5-9)25-15(17)18/h3-5,15H,6-7H2,1-2H3. The third kappa shape index (κ3) is 4.21. The molecule has 1 aromatic carbocycles. The molecule has 136 valence electrons. The highest BCUT2D eigenvalue weighted by Crippen LogP contribution is 2.30. The number of nitrogens with zero attached hydrogens (tertiary/aromatic N) is 1. The number of benzene rings is 1. The summed E-state index contributed by atoms with van der Waals surface area (Å²) in [6.07, 6.45) is 0. The number of hydrogen-bond donors (Lipinski definition) is 0.